The molecule has 1 aromatic carbocycles. The molecule has 0 aliphatic rings. The lowest BCUT2D eigenvalue weighted by Crippen LogP contribution is -2.14. The molecule has 0 atom stereocenters. The minimum atomic E-state index is -0.372. The molecule has 6 heteroatoms. The Morgan fingerprint density at radius 2 is 2.22 bits per heavy atom. The third-order valence-corrected chi connectivity index (χ3v) is 2.50. The van der Waals surface area contributed by atoms with Crippen LogP contribution in [0.4, 0.5) is 5.95 Å². The smallest absolute Gasteiger partial charge is 0.328 e. The number of anilines is 1. The summed E-state index contributed by atoms with van der Waals surface area (Å²) in [6.07, 6.45) is 1.39. The zero-order chi connectivity index (χ0) is 13.0. The molecule has 2 aromatic rings. The number of hydrogen-bond acceptors (Lipinski definition) is 5. The Morgan fingerprint density at radius 3 is 2.89 bits per heavy atom. The first-order valence-corrected chi connectivity index (χ1v) is 5.50. The van der Waals surface area contributed by atoms with Crippen molar-refractivity contribution in [3.8, 4) is 0 Å². The predicted octanol–water partition coefficient (Wildman–Crippen LogP) is 0.912. The summed E-state index contributed by atoms with van der Waals surface area (Å²) in [6, 6.07) is 7.75. The summed E-state index contributed by atoms with van der Waals surface area (Å²) < 4.78 is 6.50. The lowest BCUT2D eigenvalue weighted by molar-refractivity contribution is -0.145. The SMILES string of the molecule is Cc1ccccc1COC(=O)Cn1cnc(N)n1. The summed E-state index contributed by atoms with van der Waals surface area (Å²) in [5.41, 5.74) is 7.43. The number of benzene rings is 1. The van der Waals surface area contributed by atoms with Crippen molar-refractivity contribution >= 4 is 11.9 Å². The largest absolute Gasteiger partial charge is 0.459 e. The fourth-order valence-corrected chi connectivity index (χ4v) is 1.49. The van der Waals surface area contributed by atoms with Crippen molar-refractivity contribution < 1.29 is 9.53 Å². The van der Waals surface area contributed by atoms with Gasteiger partial charge >= 0.3 is 5.97 Å². The Kier molecular flexibility index (Phi) is 3.57. The normalized spacial score (nSPS) is 10.3. The third-order valence-electron chi connectivity index (χ3n) is 2.50. The van der Waals surface area contributed by atoms with E-state index in [2.05, 4.69) is 10.1 Å². The van der Waals surface area contributed by atoms with Crippen LogP contribution in [0.15, 0.2) is 30.6 Å². The van der Waals surface area contributed by atoms with Crippen LogP contribution in [0.3, 0.4) is 0 Å². The van der Waals surface area contributed by atoms with Gasteiger partial charge in [-0.25, -0.2) is 9.67 Å². The van der Waals surface area contributed by atoms with E-state index in [-0.39, 0.29) is 25.1 Å². The van der Waals surface area contributed by atoms with E-state index in [0.29, 0.717) is 0 Å². The maximum atomic E-state index is 11.6. The summed E-state index contributed by atoms with van der Waals surface area (Å²) in [4.78, 5) is 15.3. The second-order valence-electron chi connectivity index (χ2n) is 3.89. The van der Waals surface area contributed by atoms with E-state index >= 15 is 0 Å². The van der Waals surface area contributed by atoms with Gasteiger partial charge in [0.05, 0.1) is 0 Å². The number of nitrogens with zero attached hydrogens (tertiary/aromatic N) is 3. The van der Waals surface area contributed by atoms with E-state index in [0.717, 1.165) is 11.1 Å². The quantitative estimate of drug-likeness (QED) is 0.811. The molecular formula is C12H14N4O2. The Bertz CT molecular complexity index is 551. The molecule has 2 rings (SSSR count). The number of carbonyl (C=O) groups excluding carboxylic acids is 1. The van der Waals surface area contributed by atoms with Crippen LogP contribution in [-0.4, -0.2) is 20.7 Å². The van der Waals surface area contributed by atoms with Gasteiger partial charge < -0.3 is 10.5 Å². The molecule has 0 unspecified atom stereocenters. The summed E-state index contributed by atoms with van der Waals surface area (Å²) >= 11 is 0. The minimum Gasteiger partial charge on any atom is -0.459 e. The highest BCUT2D eigenvalue weighted by Crippen LogP contribution is 2.08. The van der Waals surface area contributed by atoms with Crippen LogP contribution in [0.25, 0.3) is 0 Å². The number of ether oxygens (including phenoxy) is 1. The van der Waals surface area contributed by atoms with Crippen molar-refractivity contribution in [3.05, 3.63) is 41.7 Å². The van der Waals surface area contributed by atoms with Gasteiger partial charge in [0.2, 0.25) is 5.95 Å². The van der Waals surface area contributed by atoms with E-state index in [1.54, 1.807) is 0 Å². The first-order chi connectivity index (χ1) is 8.65. The first-order valence-electron chi connectivity index (χ1n) is 5.50. The zero-order valence-electron chi connectivity index (χ0n) is 10.0. The van der Waals surface area contributed by atoms with E-state index in [9.17, 15) is 4.79 Å². The van der Waals surface area contributed by atoms with Crippen LogP contribution in [0.5, 0.6) is 0 Å². The molecular weight excluding hydrogens is 232 g/mol. The van der Waals surface area contributed by atoms with Crippen LogP contribution in [-0.2, 0) is 22.7 Å². The molecule has 2 N–H and O–H groups in total. The molecule has 0 aliphatic heterocycles. The summed E-state index contributed by atoms with van der Waals surface area (Å²) in [7, 11) is 0. The van der Waals surface area contributed by atoms with Gasteiger partial charge in [0.25, 0.3) is 0 Å². The van der Waals surface area contributed by atoms with Crippen molar-refractivity contribution in [3.63, 3.8) is 0 Å². The number of nitrogen functional groups attached to an aromatic ring is 1. The third kappa shape index (κ3) is 3.07. The van der Waals surface area contributed by atoms with Crippen LogP contribution in [0.1, 0.15) is 11.1 Å². The van der Waals surface area contributed by atoms with Gasteiger partial charge in [0, 0.05) is 0 Å². The molecule has 0 radical (unpaired) electrons. The molecule has 0 aliphatic carbocycles. The summed E-state index contributed by atoms with van der Waals surface area (Å²) in [5.74, 6) is -0.232. The lowest BCUT2D eigenvalue weighted by Gasteiger charge is -2.07. The van der Waals surface area contributed by atoms with Crippen LogP contribution in [0, 0.1) is 6.92 Å². The Balaban J connectivity index is 1.87. The number of rotatable bonds is 4. The fourth-order valence-electron chi connectivity index (χ4n) is 1.49. The molecule has 6 nitrogen and oxygen atoms in total. The van der Waals surface area contributed by atoms with Gasteiger partial charge in [-0.1, -0.05) is 24.3 Å². The van der Waals surface area contributed by atoms with Crippen LogP contribution >= 0.6 is 0 Å². The van der Waals surface area contributed by atoms with Crippen molar-refractivity contribution in [1.29, 1.82) is 0 Å². The molecule has 0 fully saturated rings. The maximum Gasteiger partial charge on any atom is 0.328 e. The van der Waals surface area contributed by atoms with Crippen molar-refractivity contribution in [2.24, 2.45) is 0 Å². The van der Waals surface area contributed by atoms with Gasteiger partial charge in [0.15, 0.2) is 0 Å². The van der Waals surface area contributed by atoms with Gasteiger partial charge in [-0.05, 0) is 18.1 Å². The minimum absolute atomic E-state index is 0.0100. The molecule has 0 amide bonds. The van der Waals surface area contributed by atoms with E-state index in [4.69, 9.17) is 10.5 Å². The van der Waals surface area contributed by atoms with Crippen LogP contribution < -0.4 is 5.73 Å². The van der Waals surface area contributed by atoms with E-state index in [1.165, 1.54) is 11.0 Å². The number of aromatic nitrogens is 3. The van der Waals surface area contributed by atoms with Crippen molar-refractivity contribution in [1.82, 2.24) is 14.8 Å². The number of esters is 1. The highest BCUT2D eigenvalue weighted by Gasteiger charge is 2.07. The van der Waals surface area contributed by atoms with E-state index in [1.807, 2.05) is 31.2 Å². The predicted molar refractivity (Wildman–Crippen MR) is 65.4 cm³/mol. The molecule has 1 aromatic heterocycles. The number of aryl methyl sites for hydroxylation is 1. The van der Waals surface area contributed by atoms with Crippen molar-refractivity contribution in [2.75, 3.05) is 5.73 Å². The topological polar surface area (TPSA) is 83.0 Å². The zero-order valence-corrected chi connectivity index (χ0v) is 10.0. The van der Waals surface area contributed by atoms with Gasteiger partial charge in [-0.2, -0.15) is 0 Å². The number of hydrogen-bond donors (Lipinski definition) is 1. The Labute approximate surface area is 104 Å². The second kappa shape index (κ2) is 5.31. The summed E-state index contributed by atoms with van der Waals surface area (Å²) in [5, 5.41) is 3.81. The maximum absolute atomic E-state index is 11.6. The van der Waals surface area contributed by atoms with E-state index < -0.39 is 0 Å². The monoisotopic (exact) mass is 246 g/mol. The molecule has 18 heavy (non-hydrogen) atoms. The lowest BCUT2D eigenvalue weighted by atomic mass is 10.1. The highest BCUT2D eigenvalue weighted by atomic mass is 16.5. The van der Waals surface area contributed by atoms with Gasteiger partial charge in [-0.15, -0.1) is 5.10 Å². The molecule has 0 spiro atoms. The van der Waals surface area contributed by atoms with Gasteiger partial charge in [-0.3, -0.25) is 4.79 Å². The molecule has 94 valence electrons. The van der Waals surface area contributed by atoms with Gasteiger partial charge in [0.1, 0.15) is 19.5 Å². The standard InChI is InChI=1S/C12H14N4O2/c1-9-4-2-3-5-10(9)7-18-11(17)6-16-8-14-12(13)15-16/h2-5,8H,6-7H2,1H3,(H2,13,15). The second-order valence-corrected chi connectivity index (χ2v) is 3.89. The first kappa shape index (κ1) is 12.1. The Hall–Kier alpha value is -2.37. The molecule has 0 saturated heterocycles. The molecule has 0 bridgehead atoms. The number of nitrogens with two attached hydrogens (primary N) is 1. The molecule has 1 heterocycles. The average Bonchev–Trinajstić information content (AvgIpc) is 2.74. The summed E-state index contributed by atoms with van der Waals surface area (Å²) in [6.45, 7) is 2.24. The fraction of sp³-hybridized carbons (Fsp3) is 0.250. The Morgan fingerprint density at radius 1 is 1.44 bits per heavy atom. The number of carbonyl (C=O) groups is 1. The van der Waals surface area contributed by atoms with Crippen molar-refractivity contribution in [2.45, 2.75) is 20.1 Å². The average molecular weight is 246 g/mol. The highest BCUT2D eigenvalue weighted by molar-refractivity contribution is 5.69. The van der Waals surface area contributed by atoms with Crippen LogP contribution in [0.2, 0.25) is 0 Å². The molecule has 0 saturated carbocycles.